The smallest absolute Gasteiger partial charge is 0.417 e. The Morgan fingerprint density at radius 3 is 2.60 bits per heavy atom. The minimum Gasteiger partial charge on any atom is -0.423 e. The molecular weight excluding hydrogens is 468 g/mol. The number of amides is 2. The molecule has 3 aliphatic rings. The molecule has 3 fully saturated rings. The number of carbonyl (C=O) groups is 1. The normalized spacial score (nSPS) is 23.7. The van der Waals surface area contributed by atoms with Gasteiger partial charge in [0.05, 0.1) is 18.0 Å². The maximum Gasteiger partial charge on any atom is 0.417 e. The summed E-state index contributed by atoms with van der Waals surface area (Å²) < 4.78 is 59.8. The van der Waals surface area contributed by atoms with Crippen LogP contribution in [0.2, 0.25) is 0 Å². The van der Waals surface area contributed by atoms with E-state index >= 15 is 0 Å². The molecular formula is C23H22F4N6O2. The van der Waals surface area contributed by atoms with E-state index < -0.39 is 29.1 Å². The van der Waals surface area contributed by atoms with E-state index in [2.05, 4.69) is 32.4 Å². The summed E-state index contributed by atoms with van der Waals surface area (Å²) >= 11 is 0. The summed E-state index contributed by atoms with van der Waals surface area (Å²) in [5, 5.41) is 10.8. The average Bonchev–Trinajstić information content (AvgIpc) is 3.25. The molecule has 2 aromatic heterocycles. The van der Waals surface area contributed by atoms with Gasteiger partial charge in [0.25, 0.3) is 0 Å². The van der Waals surface area contributed by atoms with Crippen molar-refractivity contribution >= 4 is 11.7 Å². The lowest BCUT2D eigenvalue weighted by Crippen LogP contribution is -2.70. The standard InChI is InChI=1S/C23H22F4N6O2/c1-3-13-6-16-9-22(8-13,20-32-31-12(2)35-20)33(16)21(34)30-15-4-5-18(23(25,26)27)17(7-15)19-28-10-14(24)11-29-19/h4-5,7,10-11,13,16H,3,6,8-9H2,1-2H3,(H,30,34)/t13-,16-,22+/m0/s1. The molecule has 3 atom stereocenters. The second-order valence-corrected chi connectivity index (χ2v) is 9.01. The van der Waals surface area contributed by atoms with E-state index in [4.69, 9.17) is 4.42 Å². The molecule has 2 saturated heterocycles. The van der Waals surface area contributed by atoms with Crippen LogP contribution in [0.15, 0.2) is 35.0 Å². The highest BCUT2D eigenvalue weighted by atomic mass is 19.4. The zero-order valence-electron chi connectivity index (χ0n) is 18.9. The maximum absolute atomic E-state index is 13.6. The zero-order chi connectivity index (χ0) is 25.0. The third-order valence-corrected chi connectivity index (χ3v) is 6.79. The highest BCUT2D eigenvalue weighted by Crippen LogP contribution is 2.56. The van der Waals surface area contributed by atoms with Gasteiger partial charge in [0, 0.05) is 30.6 Å². The number of anilines is 1. The van der Waals surface area contributed by atoms with E-state index in [0.29, 0.717) is 30.5 Å². The number of urea groups is 1. The molecule has 35 heavy (non-hydrogen) atoms. The van der Waals surface area contributed by atoms with Gasteiger partial charge in [0.15, 0.2) is 11.6 Å². The molecule has 8 nitrogen and oxygen atoms in total. The van der Waals surface area contributed by atoms with Gasteiger partial charge in [-0.3, -0.25) is 0 Å². The van der Waals surface area contributed by atoms with Crippen molar-refractivity contribution in [1.82, 2.24) is 25.1 Å². The highest BCUT2D eigenvalue weighted by Gasteiger charge is 2.62. The monoisotopic (exact) mass is 490 g/mol. The fourth-order valence-corrected chi connectivity index (χ4v) is 5.26. The molecule has 2 aliphatic heterocycles. The van der Waals surface area contributed by atoms with Gasteiger partial charge < -0.3 is 14.6 Å². The van der Waals surface area contributed by atoms with Crippen LogP contribution in [0.25, 0.3) is 11.4 Å². The molecule has 1 N–H and O–H groups in total. The fourth-order valence-electron chi connectivity index (χ4n) is 5.26. The van der Waals surface area contributed by atoms with Crippen LogP contribution in [-0.2, 0) is 11.7 Å². The second-order valence-electron chi connectivity index (χ2n) is 9.01. The second kappa shape index (κ2) is 8.28. The van der Waals surface area contributed by atoms with Gasteiger partial charge in [-0.15, -0.1) is 10.2 Å². The van der Waals surface area contributed by atoms with Crippen molar-refractivity contribution in [3.05, 3.63) is 53.8 Å². The van der Waals surface area contributed by atoms with Gasteiger partial charge in [-0.2, -0.15) is 13.2 Å². The summed E-state index contributed by atoms with van der Waals surface area (Å²) in [6, 6.07) is 2.63. The fraction of sp³-hybridized carbons (Fsp3) is 0.435. The van der Waals surface area contributed by atoms with Crippen molar-refractivity contribution in [1.29, 1.82) is 0 Å². The molecule has 4 heterocycles. The summed E-state index contributed by atoms with van der Waals surface area (Å²) in [6.45, 7) is 3.77. The van der Waals surface area contributed by atoms with Crippen LogP contribution in [0, 0.1) is 18.7 Å². The van der Waals surface area contributed by atoms with Gasteiger partial charge in [0.1, 0.15) is 5.54 Å². The van der Waals surface area contributed by atoms with E-state index in [1.54, 1.807) is 11.8 Å². The lowest BCUT2D eigenvalue weighted by atomic mass is 9.63. The number of nitrogens with zero attached hydrogens (tertiary/aromatic N) is 5. The van der Waals surface area contributed by atoms with Crippen LogP contribution in [-0.4, -0.2) is 37.1 Å². The van der Waals surface area contributed by atoms with Crippen molar-refractivity contribution in [2.24, 2.45) is 5.92 Å². The molecule has 1 saturated carbocycles. The summed E-state index contributed by atoms with van der Waals surface area (Å²) in [5.41, 5.74) is -1.98. The van der Waals surface area contributed by atoms with Crippen LogP contribution >= 0.6 is 0 Å². The number of hydrogen-bond acceptors (Lipinski definition) is 6. The molecule has 0 radical (unpaired) electrons. The number of aromatic nitrogens is 4. The van der Waals surface area contributed by atoms with Gasteiger partial charge in [-0.05, 0) is 37.0 Å². The number of carbonyl (C=O) groups excluding carboxylic acids is 1. The summed E-state index contributed by atoms with van der Waals surface area (Å²) in [5.74, 6) is 0.0661. The third kappa shape index (κ3) is 4.00. The number of fused-ring (bicyclic) bond motifs is 2. The summed E-state index contributed by atoms with van der Waals surface area (Å²) in [6.07, 6.45) is -0.0120. The molecule has 6 rings (SSSR count). The minimum absolute atomic E-state index is 0.0461. The SMILES string of the molecule is CC[C@H]1C[C@H]2C[C@@](c3nnc(C)o3)(C1)N2C(=O)Nc1ccc(C(F)(F)F)c(-c2ncc(F)cn2)c1. The number of rotatable bonds is 4. The molecule has 1 aliphatic carbocycles. The lowest BCUT2D eigenvalue weighted by Gasteiger charge is -2.61. The molecule has 184 valence electrons. The highest BCUT2D eigenvalue weighted by molar-refractivity contribution is 5.92. The van der Waals surface area contributed by atoms with Gasteiger partial charge in [-0.1, -0.05) is 13.3 Å². The van der Waals surface area contributed by atoms with E-state index in [-0.39, 0.29) is 23.1 Å². The Morgan fingerprint density at radius 1 is 1.23 bits per heavy atom. The van der Waals surface area contributed by atoms with Gasteiger partial charge in [-0.25, -0.2) is 19.2 Å². The molecule has 1 aromatic carbocycles. The first-order chi connectivity index (χ1) is 16.6. The van der Waals surface area contributed by atoms with E-state index in [1.807, 2.05) is 0 Å². The predicted octanol–water partition coefficient (Wildman–Crippen LogP) is 5.31. The Balaban J connectivity index is 1.46. The largest absolute Gasteiger partial charge is 0.423 e. The average molecular weight is 490 g/mol. The van der Waals surface area contributed by atoms with Gasteiger partial charge >= 0.3 is 12.2 Å². The molecule has 2 bridgehead atoms. The quantitative estimate of drug-likeness (QED) is 0.498. The zero-order valence-corrected chi connectivity index (χ0v) is 18.9. The van der Waals surface area contributed by atoms with Crippen molar-refractivity contribution < 1.29 is 26.8 Å². The first-order valence-corrected chi connectivity index (χ1v) is 11.2. The molecule has 0 unspecified atom stereocenters. The van der Waals surface area contributed by atoms with Crippen LogP contribution in [0.5, 0.6) is 0 Å². The number of hydrogen-bond donors (Lipinski definition) is 1. The number of benzene rings is 1. The molecule has 3 aromatic rings. The summed E-state index contributed by atoms with van der Waals surface area (Å²) in [7, 11) is 0. The Bertz CT molecular complexity index is 1260. The molecule has 0 spiro atoms. The lowest BCUT2D eigenvalue weighted by molar-refractivity contribution is -0.137. The Hall–Kier alpha value is -3.57. The first-order valence-electron chi connectivity index (χ1n) is 11.2. The Labute approximate surface area is 197 Å². The Morgan fingerprint density at radius 2 is 1.97 bits per heavy atom. The van der Waals surface area contributed by atoms with Crippen LogP contribution in [0.1, 0.15) is 50.0 Å². The number of nitrogens with one attached hydrogen (secondary N) is 1. The van der Waals surface area contributed by atoms with Crippen molar-refractivity contribution in [3.63, 3.8) is 0 Å². The van der Waals surface area contributed by atoms with Crippen LogP contribution in [0.4, 0.5) is 28.0 Å². The predicted molar refractivity (Wildman–Crippen MR) is 115 cm³/mol. The minimum atomic E-state index is -4.70. The topological polar surface area (TPSA) is 97.0 Å². The van der Waals surface area contributed by atoms with Crippen molar-refractivity contribution in [2.45, 2.75) is 57.3 Å². The van der Waals surface area contributed by atoms with Crippen LogP contribution < -0.4 is 5.32 Å². The number of piperidine rings is 1. The third-order valence-electron chi connectivity index (χ3n) is 6.79. The van der Waals surface area contributed by atoms with E-state index in [0.717, 1.165) is 37.4 Å². The summed E-state index contributed by atoms with van der Waals surface area (Å²) in [4.78, 5) is 22.4. The molecule has 12 heteroatoms. The first kappa shape index (κ1) is 23.2. The molecule has 2 amide bonds. The van der Waals surface area contributed by atoms with Crippen molar-refractivity contribution in [2.75, 3.05) is 5.32 Å². The Kier molecular flexibility index (Phi) is 5.48. The van der Waals surface area contributed by atoms with Gasteiger partial charge in [0.2, 0.25) is 11.8 Å². The number of halogens is 4. The van der Waals surface area contributed by atoms with Crippen LogP contribution in [0.3, 0.4) is 0 Å². The van der Waals surface area contributed by atoms with Crippen molar-refractivity contribution in [3.8, 4) is 11.4 Å². The van der Waals surface area contributed by atoms with E-state index in [9.17, 15) is 22.4 Å². The number of aryl methyl sites for hydroxylation is 1. The number of alkyl halides is 3. The van der Waals surface area contributed by atoms with E-state index in [1.165, 1.54) is 6.07 Å². The maximum atomic E-state index is 13.6.